The van der Waals surface area contributed by atoms with Gasteiger partial charge in [-0.2, -0.15) is 0 Å². The van der Waals surface area contributed by atoms with Gasteiger partial charge < -0.3 is 10.1 Å². The van der Waals surface area contributed by atoms with E-state index in [-0.39, 0.29) is 11.9 Å². The Labute approximate surface area is 141 Å². The molecule has 1 aliphatic carbocycles. The van der Waals surface area contributed by atoms with E-state index in [9.17, 15) is 4.79 Å². The topological polar surface area (TPSA) is 62.4 Å². The Morgan fingerprint density at radius 1 is 1.00 bits per heavy atom. The average Bonchev–Trinajstić information content (AvgIpc) is 3.21. The third-order valence-electron chi connectivity index (χ3n) is 4.82. The lowest BCUT2D eigenvalue weighted by Crippen LogP contribution is -2.42. The Bertz CT molecular complexity index is 720. The number of hydrazine groups is 1. The van der Waals surface area contributed by atoms with Crippen molar-refractivity contribution in [1.29, 1.82) is 0 Å². The fraction of sp³-hybridized carbons (Fsp3) is 0.316. The fourth-order valence-electron chi connectivity index (χ4n) is 3.62. The predicted octanol–water partition coefficient (Wildman–Crippen LogP) is 3.06. The van der Waals surface area contributed by atoms with Gasteiger partial charge in [0.15, 0.2) is 5.75 Å². The fourth-order valence-corrected chi connectivity index (χ4v) is 3.62. The number of carbonyl (C=O) groups excluding carboxylic acids is 1. The number of nitrogens with one attached hydrogen (secondary N) is 3. The Balaban J connectivity index is 1.49. The van der Waals surface area contributed by atoms with E-state index >= 15 is 0 Å². The van der Waals surface area contributed by atoms with Crippen molar-refractivity contribution in [1.82, 2.24) is 10.9 Å². The van der Waals surface area contributed by atoms with E-state index in [1.807, 2.05) is 54.6 Å². The lowest BCUT2D eigenvalue weighted by Gasteiger charge is -2.18. The van der Waals surface area contributed by atoms with Gasteiger partial charge in [0, 0.05) is 12.0 Å². The summed E-state index contributed by atoms with van der Waals surface area (Å²) in [5, 5.41) is 3.02. The molecule has 1 heterocycles. The number of amides is 1. The summed E-state index contributed by atoms with van der Waals surface area (Å²) in [6.45, 7) is 0. The number of para-hydroxylation sites is 3. The van der Waals surface area contributed by atoms with E-state index in [1.54, 1.807) is 0 Å². The van der Waals surface area contributed by atoms with Gasteiger partial charge in [-0.25, -0.2) is 5.43 Å². The monoisotopic (exact) mass is 323 g/mol. The van der Waals surface area contributed by atoms with Crippen LogP contribution in [0.1, 0.15) is 19.3 Å². The molecule has 4 rings (SSSR count). The predicted molar refractivity (Wildman–Crippen MR) is 92.8 cm³/mol. The molecule has 5 heteroatoms. The quantitative estimate of drug-likeness (QED) is 0.809. The van der Waals surface area contributed by atoms with E-state index in [2.05, 4.69) is 16.2 Å². The minimum atomic E-state index is -0.192. The Morgan fingerprint density at radius 3 is 2.67 bits per heavy atom. The maximum atomic E-state index is 12.7. The standard InChI is InChI=1S/C19H21N3O2/c23-19(18-14-9-6-11-15(14)21-22-18)20-16-10-4-5-12-17(16)24-13-7-2-1-3-8-13/h1-5,7-8,10,12,14-15,18,21-22H,6,9,11H2,(H,20,23). The van der Waals surface area contributed by atoms with Crippen molar-refractivity contribution >= 4 is 11.6 Å². The average molecular weight is 323 g/mol. The summed E-state index contributed by atoms with van der Waals surface area (Å²) in [6, 6.07) is 17.3. The van der Waals surface area contributed by atoms with Crippen LogP contribution in [0.5, 0.6) is 11.5 Å². The van der Waals surface area contributed by atoms with Gasteiger partial charge in [0.1, 0.15) is 11.8 Å². The molecule has 0 radical (unpaired) electrons. The second-order valence-electron chi connectivity index (χ2n) is 6.37. The lowest BCUT2D eigenvalue weighted by molar-refractivity contribution is -0.118. The van der Waals surface area contributed by atoms with E-state index in [0.29, 0.717) is 23.4 Å². The molecule has 2 aromatic rings. The summed E-state index contributed by atoms with van der Waals surface area (Å²) in [5.74, 6) is 1.75. The van der Waals surface area contributed by atoms with Gasteiger partial charge in [0.05, 0.1) is 5.69 Å². The highest BCUT2D eigenvalue weighted by molar-refractivity contribution is 5.96. The summed E-state index contributed by atoms with van der Waals surface area (Å²) in [6.07, 6.45) is 3.40. The minimum absolute atomic E-state index is 0.0130. The maximum absolute atomic E-state index is 12.7. The van der Waals surface area contributed by atoms with Crippen LogP contribution in [0.4, 0.5) is 5.69 Å². The van der Waals surface area contributed by atoms with Crippen molar-refractivity contribution in [3.8, 4) is 11.5 Å². The molecule has 2 aliphatic rings. The van der Waals surface area contributed by atoms with Gasteiger partial charge in [-0.15, -0.1) is 0 Å². The first-order valence-electron chi connectivity index (χ1n) is 8.45. The van der Waals surface area contributed by atoms with Crippen molar-refractivity contribution in [3.63, 3.8) is 0 Å². The van der Waals surface area contributed by atoms with Gasteiger partial charge in [-0.3, -0.25) is 10.2 Å². The number of rotatable bonds is 4. The van der Waals surface area contributed by atoms with Gasteiger partial charge in [0.25, 0.3) is 0 Å². The third-order valence-corrected chi connectivity index (χ3v) is 4.82. The molecule has 0 spiro atoms. The summed E-state index contributed by atoms with van der Waals surface area (Å²) >= 11 is 0. The number of ether oxygens (including phenoxy) is 1. The molecule has 0 aromatic heterocycles. The van der Waals surface area contributed by atoms with Crippen LogP contribution in [0.2, 0.25) is 0 Å². The van der Waals surface area contributed by atoms with Gasteiger partial charge in [-0.05, 0) is 37.1 Å². The van der Waals surface area contributed by atoms with E-state index in [1.165, 1.54) is 6.42 Å². The van der Waals surface area contributed by atoms with E-state index in [4.69, 9.17) is 4.74 Å². The molecule has 1 amide bonds. The Hall–Kier alpha value is -2.37. The zero-order chi connectivity index (χ0) is 16.4. The summed E-state index contributed by atoms with van der Waals surface area (Å²) in [5.41, 5.74) is 7.08. The molecular formula is C19H21N3O2. The van der Waals surface area contributed by atoms with Crippen molar-refractivity contribution in [2.75, 3.05) is 5.32 Å². The SMILES string of the molecule is O=C(Nc1ccccc1Oc1ccccc1)C1NNC2CCCC21. The second kappa shape index (κ2) is 6.63. The van der Waals surface area contributed by atoms with Crippen molar-refractivity contribution in [3.05, 3.63) is 54.6 Å². The number of hydrogen-bond acceptors (Lipinski definition) is 4. The molecule has 2 fully saturated rings. The smallest absolute Gasteiger partial charge is 0.243 e. The highest BCUT2D eigenvalue weighted by Gasteiger charge is 2.42. The molecule has 24 heavy (non-hydrogen) atoms. The molecule has 1 saturated heterocycles. The molecule has 1 saturated carbocycles. The molecule has 0 bridgehead atoms. The minimum Gasteiger partial charge on any atom is -0.455 e. The Morgan fingerprint density at radius 2 is 1.79 bits per heavy atom. The van der Waals surface area contributed by atoms with Crippen molar-refractivity contribution in [2.45, 2.75) is 31.3 Å². The largest absolute Gasteiger partial charge is 0.455 e. The summed E-state index contributed by atoms with van der Waals surface area (Å²) in [4.78, 5) is 12.7. The van der Waals surface area contributed by atoms with Crippen molar-refractivity contribution < 1.29 is 9.53 Å². The molecule has 3 N–H and O–H groups in total. The molecular weight excluding hydrogens is 302 g/mol. The van der Waals surface area contributed by atoms with Gasteiger partial charge >= 0.3 is 0 Å². The molecule has 1 aliphatic heterocycles. The molecule has 3 unspecified atom stereocenters. The molecule has 3 atom stereocenters. The first-order chi connectivity index (χ1) is 11.8. The molecule has 2 aromatic carbocycles. The van der Waals surface area contributed by atoms with Gasteiger partial charge in [0.2, 0.25) is 5.91 Å². The van der Waals surface area contributed by atoms with Crippen LogP contribution >= 0.6 is 0 Å². The third kappa shape index (κ3) is 3.00. The number of benzene rings is 2. The van der Waals surface area contributed by atoms with Crippen LogP contribution in [-0.4, -0.2) is 18.0 Å². The van der Waals surface area contributed by atoms with E-state index < -0.39 is 0 Å². The van der Waals surface area contributed by atoms with Crippen molar-refractivity contribution in [2.24, 2.45) is 5.92 Å². The highest BCUT2D eigenvalue weighted by atomic mass is 16.5. The number of hydrogen-bond donors (Lipinski definition) is 3. The maximum Gasteiger partial charge on any atom is 0.243 e. The lowest BCUT2D eigenvalue weighted by atomic mass is 9.96. The van der Waals surface area contributed by atoms with E-state index in [0.717, 1.165) is 18.6 Å². The van der Waals surface area contributed by atoms with Crippen LogP contribution in [0.25, 0.3) is 0 Å². The number of fused-ring (bicyclic) bond motifs is 1. The van der Waals surface area contributed by atoms with Crippen LogP contribution in [0, 0.1) is 5.92 Å². The summed E-state index contributed by atoms with van der Waals surface area (Å²) < 4.78 is 5.91. The molecule has 124 valence electrons. The normalized spacial score (nSPS) is 25.2. The number of anilines is 1. The first-order valence-corrected chi connectivity index (χ1v) is 8.45. The number of carbonyl (C=O) groups is 1. The van der Waals surface area contributed by atoms with Gasteiger partial charge in [-0.1, -0.05) is 36.8 Å². The van der Waals surface area contributed by atoms with Crippen LogP contribution in [-0.2, 0) is 4.79 Å². The first kappa shape index (κ1) is 15.2. The zero-order valence-electron chi connectivity index (χ0n) is 13.4. The summed E-state index contributed by atoms with van der Waals surface area (Å²) in [7, 11) is 0. The molecule has 5 nitrogen and oxygen atoms in total. The van der Waals surface area contributed by atoms with Crippen LogP contribution in [0.15, 0.2) is 54.6 Å². The highest BCUT2D eigenvalue weighted by Crippen LogP contribution is 2.33. The second-order valence-corrected chi connectivity index (χ2v) is 6.37. The van der Waals surface area contributed by atoms with Crippen LogP contribution < -0.4 is 20.9 Å². The van der Waals surface area contributed by atoms with Crippen LogP contribution in [0.3, 0.4) is 0 Å². The zero-order valence-corrected chi connectivity index (χ0v) is 13.4. The Kier molecular flexibility index (Phi) is 4.19.